The van der Waals surface area contributed by atoms with Crippen LogP contribution in [0.5, 0.6) is 0 Å². The van der Waals surface area contributed by atoms with Crippen molar-refractivity contribution in [2.24, 2.45) is 28.6 Å². The van der Waals surface area contributed by atoms with Gasteiger partial charge in [-0.05, 0) is 48.3 Å². The molecule has 3 aliphatic rings. The summed E-state index contributed by atoms with van der Waals surface area (Å²) in [6.07, 6.45) is 5.59. The first-order valence-electron chi connectivity index (χ1n) is 10.9. The second-order valence-electron chi connectivity index (χ2n) is 9.98. The van der Waals surface area contributed by atoms with Gasteiger partial charge in [-0.3, -0.25) is 9.59 Å². The van der Waals surface area contributed by atoms with Gasteiger partial charge in [-0.2, -0.15) is 0 Å². The van der Waals surface area contributed by atoms with E-state index in [4.69, 9.17) is 9.26 Å². The summed E-state index contributed by atoms with van der Waals surface area (Å²) in [7, 11) is 0. The molecule has 2 aliphatic carbocycles. The molecule has 1 aromatic rings. The van der Waals surface area contributed by atoms with Crippen molar-refractivity contribution in [1.29, 1.82) is 0 Å². The first kappa shape index (κ1) is 20.4. The molecule has 4 rings (SSSR count). The molecular formula is C22H33N3O4. The molecule has 1 aromatic heterocycles. The lowest BCUT2D eigenvalue weighted by atomic mass is 9.59. The van der Waals surface area contributed by atoms with Crippen LogP contribution in [0.3, 0.4) is 0 Å². The Morgan fingerprint density at radius 1 is 1.34 bits per heavy atom. The van der Waals surface area contributed by atoms with E-state index in [0.29, 0.717) is 24.1 Å². The van der Waals surface area contributed by atoms with Gasteiger partial charge in [0.1, 0.15) is 6.26 Å². The van der Waals surface area contributed by atoms with Crippen LogP contribution in [0.25, 0.3) is 0 Å². The van der Waals surface area contributed by atoms with Gasteiger partial charge in [0.05, 0.1) is 6.10 Å². The Bertz CT molecular complexity index is 760. The third-order valence-electron chi connectivity index (χ3n) is 7.82. The largest absolute Gasteiger partial charge is 0.378 e. The number of hydrogen-bond acceptors (Lipinski definition) is 5. The smallest absolute Gasteiger partial charge is 0.273 e. The fraction of sp³-hybridized carbons (Fsp3) is 0.773. The van der Waals surface area contributed by atoms with Gasteiger partial charge < -0.3 is 19.9 Å². The predicted octanol–water partition coefficient (Wildman–Crippen LogP) is 2.78. The average molecular weight is 404 g/mol. The van der Waals surface area contributed by atoms with Crippen LogP contribution in [0.4, 0.5) is 0 Å². The quantitative estimate of drug-likeness (QED) is 0.762. The van der Waals surface area contributed by atoms with Crippen LogP contribution in [0.1, 0.15) is 63.9 Å². The zero-order valence-corrected chi connectivity index (χ0v) is 17.9. The Kier molecular flexibility index (Phi) is 5.21. The van der Waals surface area contributed by atoms with Crippen LogP contribution in [0.15, 0.2) is 16.9 Å². The maximum atomic E-state index is 12.6. The second-order valence-corrected chi connectivity index (χ2v) is 9.98. The molecule has 29 heavy (non-hydrogen) atoms. The molecule has 2 heterocycles. The summed E-state index contributed by atoms with van der Waals surface area (Å²) >= 11 is 0. The number of aromatic nitrogens is 1. The average Bonchev–Trinajstić information content (AvgIpc) is 3.37. The highest BCUT2D eigenvalue weighted by Gasteiger charge is 2.68. The fourth-order valence-electron chi connectivity index (χ4n) is 6.25. The maximum absolute atomic E-state index is 12.6. The first-order valence-corrected chi connectivity index (χ1v) is 10.9. The molecule has 0 unspecified atom stereocenters. The molecule has 2 amide bonds. The van der Waals surface area contributed by atoms with Gasteiger partial charge in [0.25, 0.3) is 5.91 Å². The summed E-state index contributed by atoms with van der Waals surface area (Å²) in [5, 5.41) is 10.0. The monoisotopic (exact) mass is 403 g/mol. The van der Waals surface area contributed by atoms with Crippen molar-refractivity contribution in [3.05, 3.63) is 18.0 Å². The van der Waals surface area contributed by atoms with E-state index in [1.807, 2.05) is 13.8 Å². The predicted molar refractivity (Wildman–Crippen MR) is 107 cm³/mol. The summed E-state index contributed by atoms with van der Waals surface area (Å²) in [6, 6.07) is 1.74. The van der Waals surface area contributed by atoms with Gasteiger partial charge in [-0.15, -0.1) is 0 Å². The molecule has 0 radical (unpaired) electrons. The van der Waals surface area contributed by atoms with E-state index in [1.54, 1.807) is 6.07 Å². The Hall–Kier alpha value is -1.89. The third kappa shape index (κ3) is 3.37. The van der Waals surface area contributed by atoms with Crippen LogP contribution >= 0.6 is 0 Å². The molecule has 2 N–H and O–H groups in total. The third-order valence-corrected chi connectivity index (χ3v) is 7.82. The summed E-state index contributed by atoms with van der Waals surface area (Å²) in [5.74, 6) is 0.934. The molecule has 2 bridgehead atoms. The Balaban J connectivity index is 1.44. The topological polar surface area (TPSA) is 93.5 Å². The van der Waals surface area contributed by atoms with Gasteiger partial charge in [0, 0.05) is 31.2 Å². The van der Waals surface area contributed by atoms with E-state index in [9.17, 15) is 9.59 Å². The van der Waals surface area contributed by atoms with Crippen molar-refractivity contribution in [2.75, 3.05) is 13.2 Å². The van der Waals surface area contributed by atoms with E-state index in [0.717, 1.165) is 25.9 Å². The SMILES string of the molecule is CC(C)C(=O)N[C@H]1C(C)(C)[C@@H]2C[C@@H]3[C@@H](CCNC(=O)c4ccon4)OCC[C@@]31C2. The van der Waals surface area contributed by atoms with E-state index in [1.165, 1.54) is 12.7 Å². The van der Waals surface area contributed by atoms with E-state index >= 15 is 0 Å². The van der Waals surface area contributed by atoms with Gasteiger partial charge in [0.15, 0.2) is 5.69 Å². The molecule has 0 aromatic carbocycles. The number of carbonyl (C=O) groups excluding carboxylic acids is 2. The Morgan fingerprint density at radius 2 is 2.14 bits per heavy atom. The lowest BCUT2D eigenvalue weighted by molar-refractivity contribution is -0.138. The van der Waals surface area contributed by atoms with Crippen LogP contribution in [-0.4, -0.2) is 42.3 Å². The van der Waals surface area contributed by atoms with E-state index in [-0.39, 0.29) is 40.7 Å². The number of hydrogen-bond donors (Lipinski definition) is 2. The van der Waals surface area contributed by atoms with Gasteiger partial charge in [0.2, 0.25) is 5.91 Å². The van der Waals surface area contributed by atoms with Crippen molar-refractivity contribution in [1.82, 2.24) is 15.8 Å². The van der Waals surface area contributed by atoms with Crippen LogP contribution in [-0.2, 0) is 9.53 Å². The lowest BCUT2D eigenvalue weighted by Crippen LogP contribution is -2.60. The second kappa shape index (κ2) is 7.42. The maximum Gasteiger partial charge on any atom is 0.273 e. The molecule has 7 heteroatoms. The van der Waals surface area contributed by atoms with Crippen LogP contribution < -0.4 is 10.6 Å². The van der Waals surface area contributed by atoms with Gasteiger partial charge in [-0.25, -0.2) is 0 Å². The molecular weight excluding hydrogens is 370 g/mol. The summed E-state index contributed by atoms with van der Waals surface area (Å²) in [5.41, 5.74) is 0.506. The molecule has 1 aliphatic heterocycles. The minimum atomic E-state index is -0.222. The summed E-state index contributed by atoms with van der Waals surface area (Å²) in [6.45, 7) is 9.80. The standard InChI is InChI=1S/C22H33N3O4/c1-13(2)18(26)24-20-21(3,4)14-11-15-17(28-10-7-22(15,20)12-14)5-8-23-19(27)16-6-9-29-25-16/h6,9,13-15,17,20H,5,7-8,10-12H2,1-4H3,(H,23,27)(H,24,26)/t14-,15-,17-,20+,22-/m1/s1. The highest BCUT2D eigenvalue weighted by Crippen LogP contribution is 2.68. The normalized spacial score (nSPS) is 34.8. The Morgan fingerprint density at radius 3 is 2.83 bits per heavy atom. The molecule has 1 saturated heterocycles. The van der Waals surface area contributed by atoms with Crippen LogP contribution in [0, 0.1) is 28.6 Å². The molecule has 2 saturated carbocycles. The van der Waals surface area contributed by atoms with E-state index < -0.39 is 0 Å². The van der Waals surface area contributed by atoms with Crippen molar-refractivity contribution in [3.63, 3.8) is 0 Å². The van der Waals surface area contributed by atoms with E-state index in [2.05, 4.69) is 29.6 Å². The lowest BCUT2D eigenvalue weighted by Gasteiger charge is -2.53. The first-order chi connectivity index (χ1) is 13.8. The minimum Gasteiger partial charge on any atom is -0.378 e. The zero-order valence-electron chi connectivity index (χ0n) is 17.9. The fourth-order valence-corrected chi connectivity index (χ4v) is 6.25. The number of amides is 2. The van der Waals surface area contributed by atoms with Gasteiger partial charge in [-0.1, -0.05) is 32.9 Å². The van der Waals surface area contributed by atoms with Crippen molar-refractivity contribution in [2.45, 2.75) is 65.5 Å². The number of nitrogens with zero attached hydrogens (tertiary/aromatic N) is 1. The highest BCUT2D eigenvalue weighted by molar-refractivity contribution is 5.91. The van der Waals surface area contributed by atoms with Crippen LogP contribution in [0.2, 0.25) is 0 Å². The number of nitrogens with one attached hydrogen (secondary N) is 2. The van der Waals surface area contributed by atoms with Crippen molar-refractivity contribution in [3.8, 4) is 0 Å². The highest BCUT2D eigenvalue weighted by atomic mass is 16.5. The van der Waals surface area contributed by atoms with Crippen molar-refractivity contribution < 1.29 is 18.8 Å². The number of fused-ring (bicyclic) bond motifs is 1. The number of ether oxygens (including phenoxy) is 1. The van der Waals surface area contributed by atoms with Crippen molar-refractivity contribution >= 4 is 11.8 Å². The summed E-state index contributed by atoms with van der Waals surface area (Å²) < 4.78 is 10.9. The Labute approximate surface area is 172 Å². The number of rotatable bonds is 6. The molecule has 1 spiro atoms. The molecule has 7 nitrogen and oxygen atoms in total. The summed E-state index contributed by atoms with van der Waals surface area (Å²) in [4.78, 5) is 24.7. The molecule has 5 atom stereocenters. The number of carbonyl (C=O) groups is 2. The molecule has 3 fully saturated rings. The molecule has 160 valence electrons. The van der Waals surface area contributed by atoms with Gasteiger partial charge >= 0.3 is 0 Å². The minimum absolute atomic E-state index is 0.0119. The zero-order chi connectivity index (χ0) is 20.8.